The van der Waals surface area contributed by atoms with Crippen molar-refractivity contribution < 1.29 is 9.84 Å². The van der Waals surface area contributed by atoms with Gasteiger partial charge in [0, 0.05) is 24.0 Å². The van der Waals surface area contributed by atoms with Crippen LogP contribution < -0.4 is 0 Å². The van der Waals surface area contributed by atoms with Crippen LogP contribution in [0.2, 0.25) is 0 Å². The van der Waals surface area contributed by atoms with Gasteiger partial charge in [0.1, 0.15) is 0 Å². The summed E-state index contributed by atoms with van der Waals surface area (Å²) < 4.78 is 5.63. The van der Waals surface area contributed by atoms with Gasteiger partial charge in [-0.3, -0.25) is 0 Å². The predicted molar refractivity (Wildman–Crippen MR) is 80.9 cm³/mol. The largest absolute Gasteiger partial charge is 0.390 e. The highest BCUT2D eigenvalue weighted by molar-refractivity contribution is 7.09. The Morgan fingerprint density at radius 3 is 2.90 bits per heavy atom. The predicted octanol–water partition coefficient (Wildman–Crippen LogP) is 3.28. The first kappa shape index (κ1) is 13.7. The van der Waals surface area contributed by atoms with Crippen molar-refractivity contribution in [1.82, 2.24) is 4.98 Å². The quantitative estimate of drug-likeness (QED) is 0.939. The maximum Gasteiger partial charge on any atom is 0.0959 e. The molecule has 1 aliphatic rings. The number of aliphatic hydroxyl groups excluding tert-OH is 1. The van der Waals surface area contributed by atoms with Crippen molar-refractivity contribution in [3.63, 3.8) is 0 Å². The topological polar surface area (TPSA) is 42.4 Å². The van der Waals surface area contributed by atoms with Crippen LogP contribution in [0, 0.1) is 0 Å². The van der Waals surface area contributed by atoms with Crippen molar-refractivity contribution in [2.24, 2.45) is 0 Å². The molecule has 3 nitrogen and oxygen atoms in total. The van der Waals surface area contributed by atoms with Crippen LogP contribution in [0.3, 0.4) is 0 Å². The van der Waals surface area contributed by atoms with Crippen LogP contribution in [0.25, 0.3) is 11.3 Å². The zero-order valence-electron chi connectivity index (χ0n) is 11.4. The van der Waals surface area contributed by atoms with E-state index in [1.807, 2.05) is 18.2 Å². The first-order valence-electron chi connectivity index (χ1n) is 7.12. The molecule has 0 spiro atoms. The van der Waals surface area contributed by atoms with Crippen molar-refractivity contribution in [2.75, 3.05) is 6.61 Å². The highest BCUT2D eigenvalue weighted by atomic mass is 32.1. The molecule has 1 aromatic heterocycles. The van der Waals surface area contributed by atoms with Gasteiger partial charge in [-0.25, -0.2) is 4.98 Å². The minimum Gasteiger partial charge on any atom is -0.390 e. The average molecular weight is 289 g/mol. The summed E-state index contributed by atoms with van der Waals surface area (Å²) in [6.07, 6.45) is 3.34. The number of aliphatic hydroxyl groups is 1. The molecule has 4 heteroatoms. The Morgan fingerprint density at radius 2 is 2.15 bits per heavy atom. The van der Waals surface area contributed by atoms with Crippen LogP contribution in [0.15, 0.2) is 35.7 Å². The SMILES string of the molecule is OC(Cc1nc(-c2ccccc2)cs1)C1CCCCO1. The Morgan fingerprint density at radius 1 is 1.30 bits per heavy atom. The molecule has 0 saturated carbocycles. The fourth-order valence-electron chi connectivity index (χ4n) is 2.53. The Labute approximate surface area is 123 Å². The van der Waals surface area contributed by atoms with E-state index in [-0.39, 0.29) is 6.10 Å². The molecule has 2 atom stereocenters. The van der Waals surface area contributed by atoms with Crippen LogP contribution in [0.5, 0.6) is 0 Å². The van der Waals surface area contributed by atoms with Gasteiger partial charge >= 0.3 is 0 Å². The molecule has 2 unspecified atom stereocenters. The fraction of sp³-hybridized carbons (Fsp3) is 0.438. The molecule has 1 aromatic carbocycles. The number of rotatable bonds is 4. The second kappa shape index (κ2) is 6.48. The van der Waals surface area contributed by atoms with E-state index in [9.17, 15) is 5.11 Å². The van der Waals surface area contributed by atoms with Crippen molar-refractivity contribution in [3.05, 3.63) is 40.7 Å². The Balaban J connectivity index is 1.65. The second-order valence-corrected chi connectivity index (χ2v) is 6.11. The monoisotopic (exact) mass is 289 g/mol. The van der Waals surface area contributed by atoms with E-state index >= 15 is 0 Å². The third-order valence-corrected chi connectivity index (χ3v) is 4.52. The lowest BCUT2D eigenvalue weighted by Gasteiger charge is -2.26. The van der Waals surface area contributed by atoms with E-state index in [0.29, 0.717) is 6.42 Å². The molecular formula is C16H19NO2S. The van der Waals surface area contributed by atoms with Crippen molar-refractivity contribution >= 4 is 11.3 Å². The Kier molecular flexibility index (Phi) is 4.45. The van der Waals surface area contributed by atoms with Gasteiger partial charge in [0.2, 0.25) is 0 Å². The van der Waals surface area contributed by atoms with Crippen LogP contribution in [-0.2, 0) is 11.2 Å². The Bertz CT molecular complexity index is 534. The van der Waals surface area contributed by atoms with Crippen molar-refractivity contribution in [3.8, 4) is 11.3 Å². The van der Waals surface area contributed by atoms with Gasteiger partial charge in [0.25, 0.3) is 0 Å². The Hall–Kier alpha value is -1.23. The standard InChI is InChI=1S/C16H19NO2S/c18-14(15-8-4-5-9-19-15)10-16-17-13(11-20-16)12-6-2-1-3-7-12/h1-3,6-7,11,14-15,18H,4-5,8-10H2. The summed E-state index contributed by atoms with van der Waals surface area (Å²) in [5, 5.41) is 13.3. The molecule has 0 bridgehead atoms. The summed E-state index contributed by atoms with van der Waals surface area (Å²) in [6.45, 7) is 0.773. The second-order valence-electron chi connectivity index (χ2n) is 5.17. The van der Waals surface area contributed by atoms with Gasteiger partial charge in [-0.15, -0.1) is 11.3 Å². The summed E-state index contributed by atoms with van der Waals surface area (Å²) in [4.78, 5) is 4.62. The molecule has 0 radical (unpaired) electrons. The number of benzene rings is 1. The zero-order valence-corrected chi connectivity index (χ0v) is 12.2. The number of ether oxygens (including phenoxy) is 1. The first-order valence-corrected chi connectivity index (χ1v) is 8.00. The minimum atomic E-state index is -0.440. The summed E-state index contributed by atoms with van der Waals surface area (Å²) in [5.41, 5.74) is 2.11. The third kappa shape index (κ3) is 3.26. The van der Waals surface area contributed by atoms with Crippen LogP contribution in [0.1, 0.15) is 24.3 Å². The lowest BCUT2D eigenvalue weighted by Crippen LogP contribution is -2.33. The van der Waals surface area contributed by atoms with E-state index in [1.54, 1.807) is 11.3 Å². The lowest BCUT2D eigenvalue weighted by atomic mass is 10.0. The molecule has 1 fully saturated rings. The van der Waals surface area contributed by atoms with Gasteiger partial charge in [0.15, 0.2) is 0 Å². The van der Waals surface area contributed by atoms with Crippen LogP contribution >= 0.6 is 11.3 Å². The van der Waals surface area contributed by atoms with Gasteiger partial charge in [-0.05, 0) is 19.3 Å². The smallest absolute Gasteiger partial charge is 0.0959 e. The van der Waals surface area contributed by atoms with Gasteiger partial charge in [-0.1, -0.05) is 30.3 Å². The summed E-state index contributed by atoms with van der Waals surface area (Å²) in [5.74, 6) is 0. The van der Waals surface area contributed by atoms with Gasteiger partial charge in [0.05, 0.1) is 22.9 Å². The number of nitrogens with zero attached hydrogens (tertiary/aromatic N) is 1. The minimum absolute atomic E-state index is 0.0205. The maximum atomic E-state index is 10.2. The van der Waals surface area contributed by atoms with E-state index in [1.165, 1.54) is 0 Å². The van der Waals surface area contributed by atoms with E-state index in [2.05, 4.69) is 22.5 Å². The van der Waals surface area contributed by atoms with Gasteiger partial charge in [-0.2, -0.15) is 0 Å². The third-order valence-electron chi connectivity index (χ3n) is 3.65. The maximum absolute atomic E-state index is 10.2. The number of hydrogen-bond donors (Lipinski definition) is 1. The van der Waals surface area contributed by atoms with E-state index in [0.717, 1.165) is 42.1 Å². The molecule has 106 valence electrons. The molecule has 2 aromatic rings. The molecule has 3 rings (SSSR count). The average Bonchev–Trinajstić information content (AvgIpc) is 2.97. The normalized spacial score (nSPS) is 20.8. The molecule has 0 aliphatic carbocycles. The highest BCUT2D eigenvalue weighted by Crippen LogP contribution is 2.24. The van der Waals surface area contributed by atoms with E-state index < -0.39 is 6.10 Å². The number of aromatic nitrogens is 1. The molecule has 1 saturated heterocycles. The fourth-order valence-corrected chi connectivity index (χ4v) is 3.38. The molecule has 1 N–H and O–H groups in total. The van der Waals surface area contributed by atoms with Crippen molar-refractivity contribution in [1.29, 1.82) is 0 Å². The first-order chi connectivity index (χ1) is 9.83. The summed E-state index contributed by atoms with van der Waals surface area (Å²) in [7, 11) is 0. The van der Waals surface area contributed by atoms with Gasteiger partial charge < -0.3 is 9.84 Å². The summed E-state index contributed by atoms with van der Waals surface area (Å²) in [6, 6.07) is 10.1. The molecule has 2 heterocycles. The van der Waals surface area contributed by atoms with Crippen LogP contribution in [-0.4, -0.2) is 28.9 Å². The number of hydrogen-bond acceptors (Lipinski definition) is 4. The molecule has 20 heavy (non-hydrogen) atoms. The number of thiazole rings is 1. The highest BCUT2D eigenvalue weighted by Gasteiger charge is 2.23. The molecule has 0 amide bonds. The van der Waals surface area contributed by atoms with E-state index in [4.69, 9.17) is 4.74 Å². The summed E-state index contributed by atoms with van der Waals surface area (Å²) >= 11 is 1.61. The zero-order chi connectivity index (χ0) is 13.8. The lowest BCUT2D eigenvalue weighted by molar-refractivity contribution is -0.0611. The van der Waals surface area contributed by atoms with Crippen LogP contribution in [0.4, 0.5) is 0 Å². The van der Waals surface area contributed by atoms with Crippen molar-refractivity contribution in [2.45, 2.75) is 37.9 Å². The molecular weight excluding hydrogens is 270 g/mol. The molecule has 1 aliphatic heterocycles.